The molecular formula is C21H22F3N5O. The van der Waals surface area contributed by atoms with Crippen LogP contribution in [-0.2, 0) is 0 Å². The number of halogens is 3. The number of aliphatic hydroxyl groups is 1. The Bertz CT molecular complexity index is 1080. The minimum Gasteiger partial charge on any atom is -0.391 e. The van der Waals surface area contributed by atoms with Crippen LogP contribution in [0.5, 0.6) is 0 Å². The van der Waals surface area contributed by atoms with Gasteiger partial charge in [0.1, 0.15) is 5.82 Å². The number of β-amino-alcohol motifs (C(OH)–C–C–N with tert-alkyl or cyclic N) is 1. The minimum atomic E-state index is -2.89. The van der Waals surface area contributed by atoms with Crippen LogP contribution in [0.3, 0.4) is 0 Å². The molecule has 0 saturated carbocycles. The summed E-state index contributed by atoms with van der Waals surface area (Å²) in [6.45, 7) is 4.71. The van der Waals surface area contributed by atoms with E-state index < -0.39 is 23.8 Å². The van der Waals surface area contributed by atoms with Gasteiger partial charge in [-0.2, -0.15) is 5.10 Å². The van der Waals surface area contributed by atoms with Gasteiger partial charge in [0.25, 0.3) is 6.43 Å². The highest BCUT2D eigenvalue weighted by atomic mass is 19.3. The molecule has 6 nitrogen and oxygen atoms in total. The Hall–Kier alpha value is -2.94. The van der Waals surface area contributed by atoms with Gasteiger partial charge < -0.3 is 15.3 Å². The highest BCUT2D eigenvalue weighted by Crippen LogP contribution is 2.32. The van der Waals surface area contributed by atoms with Crippen molar-refractivity contribution in [1.82, 2.24) is 15.2 Å². The largest absolute Gasteiger partial charge is 0.391 e. The zero-order valence-corrected chi connectivity index (χ0v) is 16.6. The van der Waals surface area contributed by atoms with Gasteiger partial charge in [-0.15, -0.1) is 5.10 Å². The van der Waals surface area contributed by atoms with E-state index in [-0.39, 0.29) is 11.7 Å². The highest BCUT2D eigenvalue weighted by Gasteiger charge is 2.23. The van der Waals surface area contributed by atoms with Gasteiger partial charge in [0.2, 0.25) is 0 Å². The SMILES string of the molecule is Cc1nnc(NC(C)c2cccc(C(F)F)c2F)c2cc(N3CC[C@@H](O)C3)cnc12. The molecule has 3 heterocycles. The Labute approximate surface area is 171 Å². The second-order valence-corrected chi connectivity index (χ2v) is 7.53. The third-order valence-electron chi connectivity index (χ3n) is 5.41. The molecule has 4 rings (SSSR count). The van der Waals surface area contributed by atoms with Gasteiger partial charge in [-0.1, -0.05) is 18.2 Å². The lowest BCUT2D eigenvalue weighted by Crippen LogP contribution is -2.21. The summed E-state index contributed by atoms with van der Waals surface area (Å²) in [4.78, 5) is 6.54. The number of nitrogens with zero attached hydrogens (tertiary/aromatic N) is 4. The number of benzene rings is 1. The minimum absolute atomic E-state index is 0.120. The van der Waals surface area contributed by atoms with Gasteiger partial charge >= 0.3 is 0 Å². The quantitative estimate of drug-likeness (QED) is 0.650. The number of alkyl halides is 2. The van der Waals surface area contributed by atoms with Crippen molar-refractivity contribution in [3.05, 3.63) is 53.1 Å². The molecule has 0 aliphatic carbocycles. The Morgan fingerprint density at radius 2 is 2.00 bits per heavy atom. The number of aromatic nitrogens is 3. The molecule has 9 heteroatoms. The van der Waals surface area contributed by atoms with Gasteiger partial charge in [-0.05, 0) is 26.3 Å². The smallest absolute Gasteiger partial charge is 0.266 e. The van der Waals surface area contributed by atoms with Crippen molar-refractivity contribution in [2.24, 2.45) is 0 Å². The Kier molecular flexibility index (Phi) is 5.46. The summed E-state index contributed by atoms with van der Waals surface area (Å²) in [5.74, 6) is -0.541. The molecule has 0 bridgehead atoms. The maximum Gasteiger partial charge on any atom is 0.266 e. The van der Waals surface area contributed by atoms with Crippen LogP contribution in [0.25, 0.3) is 10.9 Å². The third kappa shape index (κ3) is 3.77. The summed E-state index contributed by atoms with van der Waals surface area (Å²) in [7, 11) is 0. The molecule has 2 atom stereocenters. The topological polar surface area (TPSA) is 74.2 Å². The van der Waals surface area contributed by atoms with Gasteiger partial charge in [0.15, 0.2) is 5.82 Å². The Morgan fingerprint density at radius 3 is 2.70 bits per heavy atom. The molecule has 1 aliphatic heterocycles. The molecule has 1 unspecified atom stereocenters. The first-order chi connectivity index (χ1) is 14.3. The monoisotopic (exact) mass is 417 g/mol. The molecule has 0 amide bonds. The molecular weight excluding hydrogens is 395 g/mol. The van der Waals surface area contributed by atoms with E-state index in [0.717, 1.165) is 18.3 Å². The first-order valence-corrected chi connectivity index (χ1v) is 9.74. The van der Waals surface area contributed by atoms with Gasteiger partial charge in [0, 0.05) is 24.0 Å². The molecule has 1 aromatic carbocycles. The first-order valence-electron chi connectivity index (χ1n) is 9.74. The number of aryl methyl sites for hydroxylation is 1. The lowest BCUT2D eigenvalue weighted by molar-refractivity contribution is 0.146. The summed E-state index contributed by atoms with van der Waals surface area (Å²) in [5.41, 5.74) is 1.62. The van der Waals surface area contributed by atoms with E-state index >= 15 is 0 Å². The van der Waals surface area contributed by atoms with Crippen LogP contribution >= 0.6 is 0 Å². The van der Waals surface area contributed by atoms with Crippen LogP contribution in [0.2, 0.25) is 0 Å². The average molecular weight is 417 g/mol. The van der Waals surface area contributed by atoms with Crippen molar-refractivity contribution < 1.29 is 18.3 Å². The van der Waals surface area contributed by atoms with Crippen LogP contribution in [0.4, 0.5) is 24.7 Å². The van der Waals surface area contributed by atoms with Crippen molar-refractivity contribution in [1.29, 1.82) is 0 Å². The van der Waals surface area contributed by atoms with Crippen LogP contribution in [0.1, 0.15) is 42.6 Å². The lowest BCUT2D eigenvalue weighted by atomic mass is 10.0. The number of nitrogens with one attached hydrogen (secondary N) is 1. The zero-order valence-electron chi connectivity index (χ0n) is 16.6. The number of pyridine rings is 1. The number of fused-ring (bicyclic) bond motifs is 1. The number of anilines is 2. The van der Waals surface area contributed by atoms with Crippen LogP contribution in [-0.4, -0.2) is 39.5 Å². The molecule has 0 spiro atoms. The van der Waals surface area contributed by atoms with E-state index in [4.69, 9.17) is 0 Å². The molecule has 30 heavy (non-hydrogen) atoms. The summed E-state index contributed by atoms with van der Waals surface area (Å²) >= 11 is 0. The normalized spacial score (nSPS) is 17.7. The number of rotatable bonds is 5. The molecule has 1 saturated heterocycles. The standard InChI is InChI=1S/C21H22F3N5O/c1-11(15-4-3-5-16(18(15)22)20(23)24)26-21-17-8-13(29-7-6-14(30)10-29)9-25-19(17)12(2)27-28-21/h3-5,8-9,11,14,20,30H,6-7,10H2,1-2H3,(H,26,28)/t11?,14-/m1/s1. The predicted molar refractivity (Wildman–Crippen MR) is 108 cm³/mol. The lowest BCUT2D eigenvalue weighted by Gasteiger charge is -2.20. The van der Waals surface area contributed by atoms with Crippen molar-refractivity contribution >= 4 is 22.4 Å². The summed E-state index contributed by atoms with van der Waals surface area (Å²) in [6, 6.07) is 5.25. The number of hydrogen-bond acceptors (Lipinski definition) is 6. The van der Waals surface area contributed by atoms with E-state index in [1.807, 2.05) is 11.0 Å². The van der Waals surface area contributed by atoms with Crippen LogP contribution < -0.4 is 10.2 Å². The van der Waals surface area contributed by atoms with E-state index in [1.54, 1.807) is 20.0 Å². The summed E-state index contributed by atoms with van der Waals surface area (Å²) in [5, 5.41) is 21.9. The fourth-order valence-corrected chi connectivity index (χ4v) is 3.76. The molecule has 2 aromatic heterocycles. The second kappa shape index (κ2) is 8.06. The van der Waals surface area contributed by atoms with E-state index in [0.29, 0.717) is 35.4 Å². The van der Waals surface area contributed by atoms with E-state index in [9.17, 15) is 18.3 Å². The fourth-order valence-electron chi connectivity index (χ4n) is 3.76. The van der Waals surface area contributed by atoms with Gasteiger partial charge in [-0.25, -0.2) is 13.2 Å². The average Bonchev–Trinajstić information content (AvgIpc) is 3.16. The van der Waals surface area contributed by atoms with Crippen molar-refractivity contribution in [3.63, 3.8) is 0 Å². The summed E-state index contributed by atoms with van der Waals surface area (Å²) in [6.07, 6.45) is -0.845. The second-order valence-electron chi connectivity index (χ2n) is 7.53. The van der Waals surface area contributed by atoms with Crippen molar-refractivity contribution in [2.45, 2.75) is 38.8 Å². The first kappa shape index (κ1) is 20.3. The number of hydrogen-bond donors (Lipinski definition) is 2. The molecule has 0 radical (unpaired) electrons. The summed E-state index contributed by atoms with van der Waals surface area (Å²) < 4.78 is 40.7. The van der Waals surface area contributed by atoms with E-state index in [2.05, 4.69) is 20.5 Å². The molecule has 158 valence electrons. The molecule has 1 fully saturated rings. The number of aliphatic hydroxyl groups excluding tert-OH is 1. The maximum atomic E-state index is 14.6. The molecule has 2 N–H and O–H groups in total. The maximum absolute atomic E-state index is 14.6. The van der Waals surface area contributed by atoms with Crippen molar-refractivity contribution in [3.8, 4) is 0 Å². The highest BCUT2D eigenvalue weighted by molar-refractivity contribution is 5.92. The van der Waals surface area contributed by atoms with Crippen LogP contribution in [0.15, 0.2) is 30.5 Å². The molecule has 1 aliphatic rings. The third-order valence-corrected chi connectivity index (χ3v) is 5.41. The Balaban J connectivity index is 1.70. The zero-order chi connectivity index (χ0) is 21.4. The van der Waals surface area contributed by atoms with Crippen molar-refractivity contribution in [2.75, 3.05) is 23.3 Å². The van der Waals surface area contributed by atoms with Gasteiger partial charge in [0.05, 0.1) is 40.8 Å². The predicted octanol–water partition coefficient (Wildman–Crippen LogP) is 4.15. The van der Waals surface area contributed by atoms with E-state index in [1.165, 1.54) is 12.1 Å². The van der Waals surface area contributed by atoms with Gasteiger partial charge in [-0.3, -0.25) is 4.98 Å². The Morgan fingerprint density at radius 1 is 1.23 bits per heavy atom. The van der Waals surface area contributed by atoms with Crippen LogP contribution in [0, 0.1) is 12.7 Å². The molecule has 3 aromatic rings. The fraction of sp³-hybridized carbons (Fsp3) is 0.381.